The van der Waals surface area contributed by atoms with Crippen LogP contribution in [0.15, 0.2) is 27.7 Å². The van der Waals surface area contributed by atoms with Crippen molar-refractivity contribution in [1.29, 1.82) is 0 Å². The summed E-state index contributed by atoms with van der Waals surface area (Å²) in [6.07, 6.45) is 0. The molecule has 18 heavy (non-hydrogen) atoms. The average Bonchev–Trinajstić information content (AvgIpc) is 2.29. The van der Waals surface area contributed by atoms with Gasteiger partial charge in [0.1, 0.15) is 5.82 Å². The van der Waals surface area contributed by atoms with Crippen LogP contribution in [0.5, 0.6) is 0 Å². The molecule has 1 rings (SSSR count). The Morgan fingerprint density at radius 1 is 1.44 bits per heavy atom. The van der Waals surface area contributed by atoms with E-state index < -0.39 is 0 Å². The second-order valence-corrected chi connectivity index (χ2v) is 5.08. The molecule has 0 aliphatic rings. The Morgan fingerprint density at radius 2 is 2.17 bits per heavy atom. The number of aliphatic imine (C=N–C) groups is 1. The highest BCUT2D eigenvalue weighted by Crippen LogP contribution is 2.18. The van der Waals surface area contributed by atoms with Crippen molar-refractivity contribution in [2.45, 2.75) is 33.4 Å². The Morgan fingerprint density at radius 3 is 2.78 bits per heavy atom. The molecule has 0 spiro atoms. The van der Waals surface area contributed by atoms with Gasteiger partial charge in [0.25, 0.3) is 0 Å². The van der Waals surface area contributed by atoms with Gasteiger partial charge in [-0.1, -0.05) is 15.9 Å². The predicted octanol–water partition coefficient (Wildman–Crippen LogP) is 3.05. The first-order chi connectivity index (χ1) is 8.52. The minimum absolute atomic E-state index is 0.245. The first-order valence-corrected chi connectivity index (χ1v) is 6.81. The van der Waals surface area contributed by atoms with Gasteiger partial charge in [-0.15, -0.1) is 0 Å². The second kappa shape index (κ2) is 7.36. The lowest BCUT2D eigenvalue weighted by Crippen LogP contribution is -2.41. The van der Waals surface area contributed by atoms with Gasteiger partial charge in [0.15, 0.2) is 5.96 Å². The molecule has 0 atom stereocenters. The average molecular weight is 316 g/mol. The van der Waals surface area contributed by atoms with E-state index in [0.717, 1.165) is 22.5 Å². The van der Waals surface area contributed by atoms with E-state index in [9.17, 15) is 4.39 Å². The summed E-state index contributed by atoms with van der Waals surface area (Å²) < 4.78 is 14.0. The molecule has 0 fully saturated rings. The van der Waals surface area contributed by atoms with Crippen LogP contribution < -0.4 is 10.6 Å². The smallest absolute Gasteiger partial charge is 0.191 e. The summed E-state index contributed by atoms with van der Waals surface area (Å²) >= 11 is 3.39. The summed E-state index contributed by atoms with van der Waals surface area (Å²) in [7, 11) is 0. The highest BCUT2D eigenvalue weighted by Gasteiger charge is 2.03. The van der Waals surface area contributed by atoms with E-state index in [4.69, 9.17) is 0 Å². The largest absolute Gasteiger partial charge is 0.357 e. The highest BCUT2D eigenvalue weighted by molar-refractivity contribution is 9.10. The van der Waals surface area contributed by atoms with Crippen molar-refractivity contribution in [1.82, 2.24) is 10.6 Å². The summed E-state index contributed by atoms with van der Waals surface area (Å²) in [5, 5.41) is 6.36. The number of hydrogen-bond donors (Lipinski definition) is 2. The molecule has 1 aromatic rings. The lowest BCUT2D eigenvalue weighted by Gasteiger charge is -2.14. The minimum Gasteiger partial charge on any atom is -0.357 e. The maximum atomic E-state index is 13.1. The number of benzene rings is 1. The van der Waals surface area contributed by atoms with Crippen LogP contribution in [-0.4, -0.2) is 18.5 Å². The van der Waals surface area contributed by atoms with Gasteiger partial charge in [-0.2, -0.15) is 0 Å². The molecule has 0 aliphatic heterocycles. The quantitative estimate of drug-likeness (QED) is 0.662. The van der Waals surface area contributed by atoms with Crippen molar-refractivity contribution < 1.29 is 4.39 Å². The molecular weight excluding hydrogens is 297 g/mol. The molecule has 0 heterocycles. The Labute approximate surface area is 116 Å². The van der Waals surface area contributed by atoms with Crippen LogP contribution in [0.3, 0.4) is 0 Å². The molecule has 0 radical (unpaired) electrons. The number of nitrogens with one attached hydrogen (secondary N) is 2. The van der Waals surface area contributed by atoms with E-state index in [-0.39, 0.29) is 5.82 Å². The van der Waals surface area contributed by atoms with Gasteiger partial charge in [-0.05, 0) is 44.5 Å². The molecule has 0 saturated heterocycles. The molecule has 0 saturated carbocycles. The van der Waals surface area contributed by atoms with Crippen molar-refractivity contribution in [2.75, 3.05) is 6.54 Å². The lowest BCUT2D eigenvalue weighted by molar-refractivity contribution is 0.624. The Bertz CT molecular complexity index is 419. The molecule has 0 unspecified atom stereocenters. The summed E-state index contributed by atoms with van der Waals surface area (Å²) in [4.78, 5) is 4.42. The minimum atomic E-state index is -0.245. The fourth-order valence-corrected chi connectivity index (χ4v) is 1.79. The van der Waals surface area contributed by atoms with E-state index in [1.165, 1.54) is 12.1 Å². The van der Waals surface area contributed by atoms with Crippen LogP contribution in [0.25, 0.3) is 0 Å². The highest BCUT2D eigenvalue weighted by atomic mass is 79.9. The van der Waals surface area contributed by atoms with Gasteiger partial charge >= 0.3 is 0 Å². The molecule has 100 valence electrons. The molecule has 0 aromatic heterocycles. The molecule has 0 amide bonds. The standard InChI is InChI=1S/C13H19BrFN3/c1-4-16-13(18-9(2)3)17-8-10-7-11(15)5-6-12(10)14/h5-7,9H,4,8H2,1-3H3,(H2,16,17,18). The summed E-state index contributed by atoms with van der Waals surface area (Å²) in [5.41, 5.74) is 0.830. The van der Waals surface area contributed by atoms with E-state index in [0.29, 0.717) is 12.6 Å². The predicted molar refractivity (Wildman–Crippen MR) is 77.2 cm³/mol. The van der Waals surface area contributed by atoms with Gasteiger partial charge in [0.2, 0.25) is 0 Å². The maximum absolute atomic E-state index is 13.1. The zero-order valence-corrected chi connectivity index (χ0v) is 12.5. The molecule has 0 aliphatic carbocycles. The Balaban J connectivity index is 2.77. The first-order valence-electron chi connectivity index (χ1n) is 6.01. The van der Waals surface area contributed by atoms with Crippen LogP contribution in [0.1, 0.15) is 26.3 Å². The normalized spacial score (nSPS) is 11.8. The van der Waals surface area contributed by atoms with Crippen molar-refractivity contribution in [3.63, 3.8) is 0 Å². The Kier molecular flexibility index (Phi) is 6.12. The van der Waals surface area contributed by atoms with Gasteiger partial charge in [0.05, 0.1) is 6.54 Å². The monoisotopic (exact) mass is 315 g/mol. The second-order valence-electron chi connectivity index (χ2n) is 4.23. The van der Waals surface area contributed by atoms with E-state index >= 15 is 0 Å². The van der Waals surface area contributed by atoms with Crippen molar-refractivity contribution in [3.05, 3.63) is 34.1 Å². The zero-order chi connectivity index (χ0) is 13.5. The first kappa shape index (κ1) is 15.0. The summed E-state index contributed by atoms with van der Waals surface area (Å²) in [5.74, 6) is 0.494. The van der Waals surface area contributed by atoms with Gasteiger partial charge in [0, 0.05) is 17.1 Å². The molecule has 5 heteroatoms. The molecule has 3 nitrogen and oxygen atoms in total. The molecular formula is C13H19BrFN3. The van der Waals surface area contributed by atoms with Crippen LogP contribution >= 0.6 is 15.9 Å². The third-order valence-electron chi connectivity index (χ3n) is 2.18. The van der Waals surface area contributed by atoms with Gasteiger partial charge in [-0.3, -0.25) is 0 Å². The maximum Gasteiger partial charge on any atom is 0.191 e. The van der Waals surface area contributed by atoms with Crippen molar-refractivity contribution in [2.24, 2.45) is 4.99 Å². The van der Waals surface area contributed by atoms with Crippen LogP contribution in [0.2, 0.25) is 0 Å². The van der Waals surface area contributed by atoms with E-state index in [1.807, 2.05) is 20.8 Å². The van der Waals surface area contributed by atoms with E-state index in [1.54, 1.807) is 6.07 Å². The number of nitrogens with zero attached hydrogens (tertiary/aromatic N) is 1. The van der Waals surface area contributed by atoms with Gasteiger partial charge < -0.3 is 10.6 Å². The lowest BCUT2D eigenvalue weighted by atomic mass is 10.2. The zero-order valence-electron chi connectivity index (χ0n) is 10.9. The summed E-state index contributed by atoms with van der Waals surface area (Å²) in [6.45, 7) is 7.33. The Hall–Kier alpha value is -1.10. The number of hydrogen-bond acceptors (Lipinski definition) is 1. The molecule has 0 bridgehead atoms. The molecule has 2 N–H and O–H groups in total. The van der Waals surface area contributed by atoms with Crippen molar-refractivity contribution in [3.8, 4) is 0 Å². The van der Waals surface area contributed by atoms with Crippen LogP contribution in [0, 0.1) is 5.82 Å². The fourth-order valence-electron chi connectivity index (χ4n) is 1.42. The number of rotatable bonds is 4. The SMILES string of the molecule is CCNC(=NCc1cc(F)ccc1Br)NC(C)C. The number of guanidine groups is 1. The number of halogens is 2. The third-order valence-corrected chi connectivity index (χ3v) is 2.96. The fraction of sp³-hybridized carbons (Fsp3) is 0.462. The van der Waals surface area contributed by atoms with Gasteiger partial charge in [-0.25, -0.2) is 9.38 Å². The topological polar surface area (TPSA) is 36.4 Å². The van der Waals surface area contributed by atoms with Crippen LogP contribution in [-0.2, 0) is 6.54 Å². The van der Waals surface area contributed by atoms with Crippen molar-refractivity contribution >= 4 is 21.9 Å². The van der Waals surface area contributed by atoms with Crippen LogP contribution in [0.4, 0.5) is 4.39 Å². The van der Waals surface area contributed by atoms with E-state index in [2.05, 4.69) is 31.6 Å². The summed E-state index contributed by atoms with van der Waals surface area (Å²) in [6, 6.07) is 4.92. The molecule has 1 aromatic carbocycles. The third kappa shape index (κ3) is 5.04.